The van der Waals surface area contributed by atoms with E-state index < -0.39 is 12.1 Å². The molecule has 1 atom stereocenters. The van der Waals surface area contributed by atoms with E-state index in [2.05, 4.69) is 4.98 Å². The molecule has 1 N–H and O–H groups in total. The number of benzene rings is 2. The number of para-hydroxylation sites is 2. The van der Waals surface area contributed by atoms with Gasteiger partial charge in [-0.15, -0.1) is 0 Å². The largest absolute Gasteiger partial charge is 0.493 e. The van der Waals surface area contributed by atoms with Crippen LogP contribution in [0.4, 0.5) is 0 Å². The normalized spacial score (nSPS) is 11.9. The van der Waals surface area contributed by atoms with Crippen molar-refractivity contribution in [2.45, 2.75) is 20.0 Å². The van der Waals surface area contributed by atoms with Crippen LogP contribution in [0, 0.1) is 6.92 Å². The second kappa shape index (κ2) is 7.53. The monoisotopic (exact) mass is 367 g/mol. The number of rotatable bonds is 6. The smallest absolute Gasteiger partial charge is 0.342 e. The minimum atomic E-state index is -0.952. The summed E-state index contributed by atoms with van der Waals surface area (Å²) in [5, 5.41) is 0.807. The van der Waals surface area contributed by atoms with E-state index in [1.165, 1.54) is 14.2 Å². The van der Waals surface area contributed by atoms with Gasteiger partial charge >= 0.3 is 5.97 Å². The molecule has 3 aromatic rings. The number of aryl methyl sites for hydroxylation is 1. The first kappa shape index (κ1) is 18.5. The molecule has 0 fully saturated rings. The summed E-state index contributed by atoms with van der Waals surface area (Å²) in [6, 6.07) is 12.4. The zero-order valence-corrected chi connectivity index (χ0v) is 15.7. The van der Waals surface area contributed by atoms with Crippen LogP contribution in [-0.4, -0.2) is 37.1 Å². The molecule has 140 valence electrons. The summed E-state index contributed by atoms with van der Waals surface area (Å²) < 4.78 is 15.9. The Kier molecular flexibility index (Phi) is 5.16. The molecule has 0 aliphatic carbocycles. The van der Waals surface area contributed by atoms with E-state index >= 15 is 0 Å². The fourth-order valence-electron chi connectivity index (χ4n) is 3.12. The number of aromatic amines is 1. The summed E-state index contributed by atoms with van der Waals surface area (Å²) in [5.41, 5.74) is 2.34. The average Bonchev–Trinajstić information content (AvgIpc) is 3.01. The fourth-order valence-corrected chi connectivity index (χ4v) is 3.12. The van der Waals surface area contributed by atoms with Crippen LogP contribution < -0.4 is 9.47 Å². The zero-order valence-electron chi connectivity index (χ0n) is 15.7. The van der Waals surface area contributed by atoms with Crippen molar-refractivity contribution in [3.63, 3.8) is 0 Å². The number of methoxy groups -OCH3 is 2. The Balaban J connectivity index is 1.87. The minimum Gasteiger partial charge on any atom is -0.493 e. The molecule has 0 radical (unpaired) electrons. The number of carbonyl (C=O) groups is 2. The van der Waals surface area contributed by atoms with Crippen LogP contribution in [-0.2, 0) is 4.74 Å². The van der Waals surface area contributed by atoms with Gasteiger partial charge in [0.05, 0.1) is 14.2 Å². The predicted molar refractivity (Wildman–Crippen MR) is 102 cm³/mol. The van der Waals surface area contributed by atoms with Crippen LogP contribution in [0.1, 0.15) is 33.3 Å². The number of Topliss-reactive ketones (excluding diaryl/α,β-unsaturated/α-hetero) is 1. The van der Waals surface area contributed by atoms with Crippen molar-refractivity contribution in [2.75, 3.05) is 14.2 Å². The van der Waals surface area contributed by atoms with Crippen molar-refractivity contribution >= 4 is 22.7 Å². The molecule has 2 aromatic carbocycles. The van der Waals surface area contributed by atoms with Crippen molar-refractivity contribution < 1.29 is 23.8 Å². The molecule has 3 rings (SSSR count). The minimum absolute atomic E-state index is 0.201. The average molecular weight is 367 g/mol. The Hall–Kier alpha value is -3.28. The highest BCUT2D eigenvalue weighted by Crippen LogP contribution is 2.31. The zero-order chi connectivity index (χ0) is 19.6. The SMILES string of the molecule is COc1cccc(C(=O)OC(C)C(=O)c2c(C)[nH]c3ccccc23)c1OC. The third-order valence-corrected chi connectivity index (χ3v) is 4.42. The van der Waals surface area contributed by atoms with Crippen LogP contribution in [0.15, 0.2) is 42.5 Å². The number of fused-ring (bicyclic) bond motifs is 1. The van der Waals surface area contributed by atoms with Gasteiger partial charge in [0.2, 0.25) is 5.78 Å². The number of carbonyl (C=O) groups excluding carboxylic acids is 2. The van der Waals surface area contributed by atoms with Crippen molar-refractivity contribution in [1.82, 2.24) is 4.98 Å². The summed E-state index contributed by atoms with van der Waals surface area (Å²) in [5.74, 6) is -0.226. The van der Waals surface area contributed by atoms with E-state index in [1.807, 2.05) is 31.2 Å². The number of esters is 1. The number of hydrogen-bond acceptors (Lipinski definition) is 5. The second-order valence-electron chi connectivity index (χ2n) is 6.12. The van der Waals surface area contributed by atoms with Crippen molar-refractivity contribution in [2.24, 2.45) is 0 Å². The molecule has 0 saturated heterocycles. The van der Waals surface area contributed by atoms with Gasteiger partial charge in [0.25, 0.3) is 0 Å². The quantitative estimate of drug-likeness (QED) is 0.528. The Morgan fingerprint density at radius 2 is 1.74 bits per heavy atom. The van der Waals surface area contributed by atoms with Crippen molar-refractivity contribution in [1.29, 1.82) is 0 Å². The number of nitrogens with one attached hydrogen (secondary N) is 1. The fraction of sp³-hybridized carbons (Fsp3) is 0.238. The molecule has 1 unspecified atom stereocenters. The molecule has 6 heteroatoms. The number of ketones is 1. The van der Waals surface area contributed by atoms with Gasteiger partial charge in [-0.05, 0) is 32.0 Å². The van der Waals surface area contributed by atoms with Gasteiger partial charge in [0.1, 0.15) is 5.56 Å². The maximum absolute atomic E-state index is 12.9. The summed E-state index contributed by atoms with van der Waals surface area (Å²) >= 11 is 0. The lowest BCUT2D eigenvalue weighted by atomic mass is 10.0. The molecule has 0 saturated carbocycles. The highest BCUT2D eigenvalue weighted by Gasteiger charge is 2.26. The van der Waals surface area contributed by atoms with Gasteiger partial charge in [-0.1, -0.05) is 24.3 Å². The molecule has 6 nitrogen and oxygen atoms in total. The van der Waals surface area contributed by atoms with E-state index in [4.69, 9.17) is 14.2 Å². The van der Waals surface area contributed by atoms with E-state index in [1.54, 1.807) is 25.1 Å². The van der Waals surface area contributed by atoms with Crippen LogP contribution in [0.3, 0.4) is 0 Å². The highest BCUT2D eigenvalue weighted by atomic mass is 16.6. The summed E-state index contributed by atoms with van der Waals surface area (Å²) in [7, 11) is 2.93. The van der Waals surface area contributed by atoms with E-state index in [0.29, 0.717) is 11.3 Å². The lowest BCUT2D eigenvalue weighted by molar-refractivity contribution is 0.0315. The van der Waals surface area contributed by atoms with Crippen molar-refractivity contribution in [3.8, 4) is 11.5 Å². The first-order chi connectivity index (χ1) is 13.0. The van der Waals surface area contributed by atoms with E-state index in [9.17, 15) is 9.59 Å². The molecular weight excluding hydrogens is 346 g/mol. The summed E-state index contributed by atoms with van der Waals surface area (Å²) in [4.78, 5) is 28.7. The number of hydrogen-bond donors (Lipinski definition) is 1. The Labute approximate surface area is 157 Å². The van der Waals surface area contributed by atoms with Gasteiger partial charge in [-0.3, -0.25) is 4.79 Å². The molecule has 0 aliphatic heterocycles. The summed E-state index contributed by atoms with van der Waals surface area (Å²) in [6.45, 7) is 3.39. The van der Waals surface area contributed by atoms with Crippen molar-refractivity contribution in [3.05, 3.63) is 59.3 Å². The second-order valence-corrected chi connectivity index (χ2v) is 6.12. The van der Waals surface area contributed by atoms with Gasteiger partial charge in [0, 0.05) is 22.2 Å². The van der Waals surface area contributed by atoms with E-state index in [-0.39, 0.29) is 17.1 Å². The molecule has 1 aromatic heterocycles. The van der Waals surface area contributed by atoms with Crippen LogP contribution in [0.2, 0.25) is 0 Å². The topological polar surface area (TPSA) is 77.6 Å². The number of ether oxygens (including phenoxy) is 3. The molecule has 27 heavy (non-hydrogen) atoms. The third-order valence-electron chi connectivity index (χ3n) is 4.42. The van der Waals surface area contributed by atoms with E-state index in [0.717, 1.165) is 16.6 Å². The molecule has 1 heterocycles. The van der Waals surface area contributed by atoms with Crippen LogP contribution >= 0.6 is 0 Å². The lowest BCUT2D eigenvalue weighted by Gasteiger charge is -2.15. The Morgan fingerprint density at radius 1 is 1.00 bits per heavy atom. The van der Waals surface area contributed by atoms with Gasteiger partial charge in [-0.25, -0.2) is 4.79 Å². The molecule has 0 aliphatic rings. The number of H-pyrrole nitrogens is 1. The van der Waals surface area contributed by atoms with Gasteiger partial charge in [0.15, 0.2) is 17.6 Å². The van der Waals surface area contributed by atoms with Gasteiger partial charge < -0.3 is 19.2 Å². The first-order valence-electron chi connectivity index (χ1n) is 8.51. The standard InChI is InChI=1S/C21H21NO5/c1-12-18(14-8-5-6-10-16(14)22-12)19(23)13(2)27-21(24)15-9-7-11-17(25-3)20(15)26-4/h5-11,13,22H,1-4H3. The third kappa shape index (κ3) is 3.38. The van der Waals surface area contributed by atoms with Crippen LogP contribution in [0.25, 0.3) is 10.9 Å². The van der Waals surface area contributed by atoms with Crippen LogP contribution in [0.5, 0.6) is 11.5 Å². The molecule has 0 bridgehead atoms. The predicted octanol–water partition coefficient (Wildman–Crippen LogP) is 3.92. The first-order valence-corrected chi connectivity index (χ1v) is 8.51. The molecular formula is C21H21NO5. The molecule has 0 spiro atoms. The highest BCUT2D eigenvalue weighted by molar-refractivity contribution is 6.11. The van der Waals surface area contributed by atoms with Gasteiger partial charge in [-0.2, -0.15) is 0 Å². The molecule has 0 amide bonds. The summed E-state index contributed by atoms with van der Waals surface area (Å²) in [6.07, 6.45) is -0.952. The number of aromatic nitrogens is 1. The Morgan fingerprint density at radius 3 is 2.44 bits per heavy atom. The lowest BCUT2D eigenvalue weighted by Crippen LogP contribution is -2.25. The maximum Gasteiger partial charge on any atom is 0.342 e. The maximum atomic E-state index is 12.9. The Bertz CT molecular complexity index is 1000.